The van der Waals surface area contributed by atoms with Crippen molar-refractivity contribution in [3.05, 3.63) is 47.8 Å². The monoisotopic (exact) mass is 276 g/mol. The summed E-state index contributed by atoms with van der Waals surface area (Å²) in [4.78, 5) is 19.2. The largest absolute Gasteiger partial charge is 0.481 e. The van der Waals surface area contributed by atoms with Crippen molar-refractivity contribution < 1.29 is 14.6 Å². The van der Waals surface area contributed by atoms with Gasteiger partial charge in [0.25, 0.3) is 0 Å². The molecule has 0 radical (unpaired) electrons. The first kappa shape index (κ1) is 13.4. The third kappa shape index (κ3) is 3.45. The highest BCUT2D eigenvalue weighted by molar-refractivity contribution is 7.98. The summed E-state index contributed by atoms with van der Waals surface area (Å²) in [6.07, 6.45) is 3.24. The van der Waals surface area contributed by atoms with Crippen LogP contribution in [0, 0.1) is 0 Å². The fourth-order valence-corrected chi connectivity index (χ4v) is 2.40. The van der Waals surface area contributed by atoms with Crippen LogP contribution in [0.4, 0.5) is 0 Å². The summed E-state index contributed by atoms with van der Waals surface area (Å²) < 4.78 is 5.04. The van der Waals surface area contributed by atoms with Crippen molar-refractivity contribution in [1.29, 1.82) is 0 Å². The van der Waals surface area contributed by atoms with Gasteiger partial charge in [-0.25, -0.2) is 14.8 Å². The van der Waals surface area contributed by atoms with Gasteiger partial charge in [-0.05, 0) is 23.8 Å². The molecule has 2 aromatic rings. The van der Waals surface area contributed by atoms with E-state index in [1.54, 1.807) is 31.6 Å². The van der Waals surface area contributed by atoms with E-state index in [0.717, 1.165) is 5.56 Å². The fourth-order valence-electron chi connectivity index (χ4n) is 1.47. The molecule has 0 aromatic carbocycles. The topological polar surface area (TPSA) is 72.3 Å². The molecule has 0 bridgehead atoms. The van der Waals surface area contributed by atoms with E-state index in [9.17, 15) is 4.79 Å². The lowest BCUT2D eigenvalue weighted by Crippen LogP contribution is -2.00. The Morgan fingerprint density at radius 3 is 2.95 bits per heavy atom. The van der Waals surface area contributed by atoms with Gasteiger partial charge in [0.1, 0.15) is 5.03 Å². The minimum atomic E-state index is -0.970. The molecule has 2 rings (SSSR count). The molecule has 0 saturated heterocycles. The molecule has 5 nitrogen and oxygen atoms in total. The summed E-state index contributed by atoms with van der Waals surface area (Å²) in [5.74, 6) is 0.177. The highest BCUT2D eigenvalue weighted by Crippen LogP contribution is 2.24. The predicted octanol–water partition coefficient (Wildman–Crippen LogP) is 2.48. The van der Waals surface area contributed by atoms with Gasteiger partial charge in [-0.2, -0.15) is 0 Å². The zero-order chi connectivity index (χ0) is 13.7. The second kappa shape index (κ2) is 6.19. The number of rotatable bonds is 5. The molecular weight excluding hydrogens is 264 g/mol. The molecule has 0 spiro atoms. The van der Waals surface area contributed by atoms with Crippen LogP contribution in [0.3, 0.4) is 0 Å². The number of carboxylic acids is 1. The Balaban J connectivity index is 2.12. The minimum absolute atomic E-state index is 0.216. The Kier molecular flexibility index (Phi) is 4.35. The average molecular weight is 276 g/mol. The third-order valence-corrected chi connectivity index (χ3v) is 3.46. The minimum Gasteiger partial charge on any atom is -0.481 e. The van der Waals surface area contributed by atoms with Gasteiger partial charge in [0.2, 0.25) is 5.88 Å². The number of carbonyl (C=O) groups is 1. The lowest BCUT2D eigenvalue weighted by atomic mass is 10.3. The van der Waals surface area contributed by atoms with Crippen molar-refractivity contribution in [2.24, 2.45) is 0 Å². The smallest absolute Gasteiger partial charge is 0.338 e. The summed E-state index contributed by atoms with van der Waals surface area (Å²) in [5, 5.41) is 9.57. The van der Waals surface area contributed by atoms with Crippen molar-refractivity contribution in [2.75, 3.05) is 7.11 Å². The number of thioether (sulfide) groups is 1. The number of aromatic nitrogens is 2. The molecule has 6 heteroatoms. The Morgan fingerprint density at radius 1 is 1.37 bits per heavy atom. The summed E-state index contributed by atoms with van der Waals surface area (Å²) in [6, 6.07) is 6.84. The second-order valence-corrected chi connectivity index (χ2v) is 4.62. The number of nitrogens with zero attached hydrogens (tertiary/aromatic N) is 2. The molecule has 1 N–H and O–H groups in total. The van der Waals surface area contributed by atoms with Gasteiger partial charge < -0.3 is 9.84 Å². The second-order valence-electron chi connectivity index (χ2n) is 3.66. The normalized spacial score (nSPS) is 10.2. The molecule has 19 heavy (non-hydrogen) atoms. The predicted molar refractivity (Wildman–Crippen MR) is 71.5 cm³/mol. The lowest BCUT2D eigenvalue weighted by molar-refractivity contribution is 0.0692. The number of hydrogen-bond acceptors (Lipinski definition) is 5. The molecule has 98 valence electrons. The SMILES string of the molecule is COc1cc(CSc2ncccc2C(=O)O)ccn1. The van der Waals surface area contributed by atoms with Crippen molar-refractivity contribution in [2.45, 2.75) is 10.8 Å². The van der Waals surface area contributed by atoms with Crippen LogP contribution in [-0.2, 0) is 5.75 Å². The van der Waals surface area contributed by atoms with Gasteiger partial charge in [0.05, 0.1) is 12.7 Å². The Hall–Kier alpha value is -2.08. The van der Waals surface area contributed by atoms with Crippen molar-refractivity contribution in [3.8, 4) is 5.88 Å². The van der Waals surface area contributed by atoms with E-state index in [-0.39, 0.29) is 5.56 Å². The Morgan fingerprint density at radius 2 is 2.21 bits per heavy atom. The molecule has 0 aliphatic heterocycles. The molecule has 0 amide bonds. The number of carboxylic acid groups (broad SMARTS) is 1. The summed E-state index contributed by atoms with van der Waals surface area (Å²) in [6.45, 7) is 0. The van der Waals surface area contributed by atoms with Crippen LogP contribution < -0.4 is 4.74 Å². The molecule has 0 fully saturated rings. The van der Waals surface area contributed by atoms with Crippen LogP contribution in [0.25, 0.3) is 0 Å². The highest BCUT2D eigenvalue weighted by atomic mass is 32.2. The zero-order valence-electron chi connectivity index (χ0n) is 10.2. The Labute approximate surface area is 114 Å². The van der Waals surface area contributed by atoms with Gasteiger partial charge in [-0.3, -0.25) is 0 Å². The van der Waals surface area contributed by atoms with Crippen LogP contribution in [0.1, 0.15) is 15.9 Å². The average Bonchev–Trinajstić information content (AvgIpc) is 2.45. The first-order chi connectivity index (χ1) is 9.20. The maximum atomic E-state index is 11.1. The lowest BCUT2D eigenvalue weighted by Gasteiger charge is -2.05. The van der Waals surface area contributed by atoms with E-state index in [2.05, 4.69) is 9.97 Å². The summed E-state index contributed by atoms with van der Waals surface area (Å²) in [5.41, 5.74) is 1.22. The van der Waals surface area contributed by atoms with Crippen LogP contribution >= 0.6 is 11.8 Å². The van der Waals surface area contributed by atoms with Crippen molar-refractivity contribution >= 4 is 17.7 Å². The standard InChI is InChI=1S/C13H12N2O3S/c1-18-11-7-9(4-6-14-11)8-19-12-10(13(16)17)3-2-5-15-12/h2-7H,8H2,1H3,(H,16,17). The maximum absolute atomic E-state index is 11.1. The number of aromatic carboxylic acids is 1. The Bertz CT molecular complexity index is 590. The molecule has 0 aliphatic carbocycles. The van der Waals surface area contributed by atoms with E-state index in [0.29, 0.717) is 16.7 Å². The van der Waals surface area contributed by atoms with E-state index in [4.69, 9.17) is 9.84 Å². The molecule has 0 atom stereocenters. The van der Waals surface area contributed by atoms with Crippen LogP contribution in [0.5, 0.6) is 5.88 Å². The van der Waals surface area contributed by atoms with Gasteiger partial charge in [-0.15, -0.1) is 11.8 Å². The first-order valence-electron chi connectivity index (χ1n) is 5.50. The molecule has 0 unspecified atom stereocenters. The van der Waals surface area contributed by atoms with Gasteiger partial charge in [0.15, 0.2) is 0 Å². The van der Waals surface area contributed by atoms with Gasteiger partial charge >= 0.3 is 5.97 Å². The molecule has 0 saturated carbocycles. The van der Waals surface area contributed by atoms with E-state index >= 15 is 0 Å². The van der Waals surface area contributed by atoms with Crippen molar-refractivity contribution in [3.63, 3.8) is 0 Å². The first-order valence-corrected chi connectivity index (χ1v) is 6.49. The molecular formula is C13H12N2O3S. The summed E-state index contributed by atoms with van der Waals surface area (Å²) >= 11 is 1.37. The molecule has 2 heterocycles. The number of methoxy groups -OCH3 is 1. The van der Waals surface area contributed by atoms with Crippen LogP contribution in [0.15, 0.2) is 41.7 Å². The van der Waals surface area contributed by atoms with Gasteiger partial charge in [-0.1, -0.05) is 0 Å². The summed E-state index contributed by atoms with van der Waals surface area (Å²) in [7, 11) is 1.56. The zero-order valence-corrected chi connectivity index (χ0v) is 11.1. The number of ether oxygens (including phenoxy) is 1. The fraction of sp³-hybridized carbons (Fsp3) is 0.154. The van der Waals surface area contributed by atoms with Gasteiger partial charge in [0, 0.05) is 24.2 Å². The maximum Gasteiger partial charge on any atom is 0.338 e. The highest BCUT2D eigenvalue weighted by Gasteiger charge is 2.11. The quantitative estimate of drug-likeness (QED) is 0.846. The number of hydrogen-bond donors (Lipinski definition) is 1. The molecule has 2 aromatic heterocycles. The van der Waals surface area contributed by atoms with Crippen LogP contribution in [0.2, 0.25) is 0 Å². The number of pyridine rings is 2. The van der Waals surface area contributed by atoms with Crippen molar-refractivity contribution in [1.82, 2.24) is 9.97 Å². The van der Waals surface area contributed by atoms with E-state index in [1.165, 1.54) is 11.8 Å². The molecule has 0 aliphatic rings. The van der Waals surface area contributed by atoms with E-state index < -0.39 is 5.97 Å². The van der Waals surface area contributed by atoms with E-state index in [1.807, 2.05) is 12.1 Å². The van der Waals surface area contributed by atoms with Crippen LogP contribution in [-0.4, -0.2) is 28.2 Å². The third-order valence-electron chi connectivity index (χ3n) is 2.39.